The van der Waals surface area contributed by atoms with Gasteiger partial charge < -0.3 is 10.4 Å². The Hall–Kier alpha value is -3.72. The summed E-state index contributed by atoms with van der Waals surface area (Å²) < 4.78 is 0. The fraction of sp³-hybridized carbons (Fsp3) is 0.100. The van der Waals surface area contributed by atoms with Crippen molar-refractivity contribution >= 4 is 28.3 Å². The standard InChI is InChI=1S/C20H15N3O3/c21-11-13-5-6-16(15-4-2-1-3-14(13)15)17-12-22-10-9-18(17)23-19(24)7-8-20(25)26/h1-6,9-10,12H,7-8H2,(H,25,26)(H,22,23,24). The molecule has 1 amide bonds. The summed E-state index contributed by atoms with van der Waals surface area (Å²) in [6.45, 7) is 0. The van der Waals surface area contributed by atoms with Crippen molar-refractivity contribution in [2.45, 2.75) is 12.8 Å². The molecule has 3 rings (SSSR count). The van der Waals surface area contributed by atoms with Gasteiger partial charge in [-0.05, 0) is 23.1 Å². The molecule has 6 nitrogen and oxygen atoms in total. The maximum atomic E-state index is 12.0. The zero-order valence-corrected chi connectivity index (χ0v) is 13.8. The third kappa shape index (κ3) is 3.52. The van der Waals surface area contributed by atoms with E-state index in [2.05, 4.69) is 16.4 Å². The minimum atomic E-state index is -1.02. The molecule has 0 aliphatic carbocycles. The Bertz CT molecular complexity index is 1040. The molecule has 0 fully saturated rings. The number of hydrogen-bond acceptors (Lipinski definition) is 4. The SMILES string of the molecule is N#Cc1ccc(-c2cnccc2NC(=O)CCC(=O)O)c2ccccc12. The predicted molar refractivity (Wildman–Crippen MR) is 97.4 cm³/mol. The molecule has 26 heavy (non-hydrogen) atoms. The number of carbonyl (C=O) groups excluding carboxylic acids is 1. The van der Waals surface area contributed by atoms with Crippen LogP contribution in [0.5, 0.6) is 0 Å². The van der Waals surface area contributed by atoms with Crippen molar-refractivity contribution in [2.75, 3.05) is 5.32 Å². The van der Waals surface area contributed by atoms with E-state index in [1.165, 1.54) is 0 Å². The van der Waals surface area contributed by atoms with Crippen molar-refractivity contribution in [3.8, 4) is 17.2 Å². The zero-order chi connectivity index (χ0) is 18.5. The Balaban J connectivity index is 2.04. The van der Waals surface area contributed by atoms with Gasteiger partial charge >= 0.3 is 5.97 Å². The van der Waals surface area contributed by atoms with Gasteiger partial charge in [0.2, 0.25) is 5.91 Å². The minimum absolute atomic E-state index is 0.106. The summed E-state index contributed by atoms with van der Waals surface area (Å²) in [7, 11) is 0. The second-order valence-corrected chi connectivity index (χ2v) is 5.68. The fourth-order valence-electron chi connectivity index (χ4n) is 2.78. The average Bonchev–Trinajstić information content (AvgIpc) is 2.66. The Morgan fingerprint density at radius 2 is 1.81 bits per heavy atom. The lowest BCUT2D eigenvalue weighted by molar-refractivity contribution is -0.138. The Morgan fingerprint density at radius 3 is 2.54 bits per heavy atom. The number of rotatable bonds is 5. The van der Waals surface area contributed by atoms with E-state index < -0.39 is 5.97 Å². The van der Waals surface area contributed by atoms with Crippen molar-refractivity contribution in [3.05, 3.63) is 60.4 Å². The van der Waals surface area contributed by atoms with Gasteiger partial charge in [0.1, 0.15) is 0 Å². The number of nitriles is 1. The van der Waals surface area contributed by atoms with Crippen molar-refractivity contribution in [1.29, 1.82) is 5.26 Å². The number of aliphatic carboxylic acids is 1. The van der Waals surface area contributed by atoms with Crippen LogP contribution in [0.25, 0.3) is 21.9 Å². The molecule has 3 aromatic rings. The van der Waals surface area contributed by atoms with E-state index >= 15 is 0 Å². The van der Waals surface area contributed by atoms with E-state index in [0.29, 0.717) is 16.8 Å². The molecule has 2 aromatic carbocycles. The van der Waals surface area contributed by atoms with E-state index in [-0.39, 0.29) is 18.7 Å². The number of carboxylic acid groups (broad SMARTS) is 1. The van der Waals surface area contributed by atoms with E-state index in [4.69, 9.17) is 5.11 Å². The third-order valence-electron chi connectivity index (χ3n) is 4.00. The van der Waals surface area contributed by atoms with Crippen molar-refractivity contribution in [3.63, 3.8) is 0 Å². The Kier molecular flexibility index (Phi) is 4.90. The highest BCUT2D eigenvalue weighted by Gasteiger charge is 2.13. The van der Waals surface area contributed by atoms with Gasteiger partial charge in [0, 0.05) is 29.8 Å². The highest BCUT2D eigenvalue weighted by molar-refractivity contribution is 6.04. The number of benzene rings is 2. The molecule has 0 aliphatic rings. The monoisotopic (exact) mass is 345 g/mol. The lowest BCUT2D eigenvalue weighted by atomic mass is 9.95. The van der Waals surface area contributed by atoms with E-state index in [1.54, 1.807) is 24.5 Å². The quantitative estimate of drug-likeness (QED) is 0.736. The summed E-state index contributed by atoms with van der Waals surface area (Å²) in [5, 5.41) is 22.5. The van der Waals surface area contributed by atoms with Crippen LogP contribution in [0.3, 0.4) is 0 Å². The lowest BCUT2D eigenvalue weighted by Gasteiger charge is -2.13. The van der Waals surface area contributed by atoms with Gasteiger partial charge in [0.05, 0.1) is 23.7 Å². The second-order valence-electron chi connectivity index (χ2n) is 5.68. The van der Waals surface area contributed by atoms with Crippen LogP contribution in [0.15, 0.2) is 54.9 Å². The summed E-state index contributed by atoms with van der Waals surface area (Å²) in [4.78, 5) is 26.8. The molecule has 0 unspecified atom stereocenters. The topological polar surface area (TPSA) is 103 Å². The molecule has 0 spiro atoms. The second kappa shape index (κ2) is 7.45. The number of carboxylic acids is 1. The number of anilines is 1. The predicted octanol–water partition coefficient (Wildman–Crippen LogP) is 3.58. The molecule has 0 atom stereocenters. The van der Waals surface area contributed by atoms with Crippen LogP contribution in [0.2, 0.25) is 0 Å². The first-order valence-electron chi connectivity index (χ1n) is 7.98. The fourth-order valence-corrected chi connectivity index (χ4v) is 2.78. The first-order valence-corrected chi connectivity index (χ1v) is 7.98. The minimum Gasteiger partial charge on any atom is -0.481 e. The maximum Gasteiger partial charge on any atom is 0.303 e. The van der Waals surface area contributed by atoms with Crippen LogP contribution >= 0.6 is 0 Å². The van der Waals surface area contributed by atoms with Gasteiger partial charge in [0.25, 0.3) is 0 Å². The van der Waals surface area contributed by atoms with Crippen LogP contribution in [-0.4, -0.2) is 22.0 Å². The van der Waals surface area contributed by atoms with E-state index in [1.807, 2.05) is 30.3 Å². The molecule has 6 heteroatoms. The number of nitrogens with zero attached hydrogens (tertiary/aromatic N) is 2. The largest absolute Gasteiger partial charge is 0.481 e. The lowest BCUT2D eigenvalue weighted by Crippen LogP contribution is -2.14. The molecule has 128 valence electrons. The van der Waals surface area contributed by atoms with Gasteiger partial charge in [-0.15, -0.1) is 0 Å². The normalized spacial score (nSPS) is 10.3. The zero-order valence-electron chi connectivity index (χ0n) is 13.8. The summed E-state index contributed by atoms with van der Waals surface area (Å²) in [5.41, 5.74) is 2.66. The number of hydrogen-bond donors (Lipinski definition) is 2. The molecule has 0 bridgehead atoms. The maximum absolute atomic E-state index is 12.0. The molecular weight excluding hydrogens is 330 g/mol. The molecule has 0 aliphatic heterocycles. The summed E-state index contributed by atoms with van der Waals surface area (Å²) in [6, 6.07) is 14.9. The van der Waals surface area contributed by atoms with Crippen LogP contribution < -0.4 is 5.32 Å². The van der Waals surface area contributed by atoms with Crippen LogP contribution in [-0.2, 0) is 9.59 Å². The van der Waals surface area contributed by atoms with Gasteiger partial charge in [-0.2, -0.15) is 5.26 Å². The molecule has 1 aromatic heterocycles. The number of carbonyl (C=O) groups is 2. The Morgan fingerprint density at radius 1 is 1.04 bits per heavy atom. The molecule has 2 N–H and O–H groups in total. The Labute approximate surface area is 149 Å². The summed E-state index contributed by atoms with van der Waals surface area (Å²) in [6.07, 6.45) is 2.86. The molecule has 0 saturated heterocycles. The van der Waals surface area contributed by atoms with Crippen LogP contribution in [0.4, 0.5) is 5.69 Å². The van der Waals surface area contributed by atoms with Gasteiger partial charge in [0.15, 0.2) is 0 Å². The highest BCUT2D eigenvalue weighted by atomic mass is 16.4. The average molecular weight is 345 g/mol. The number of fused-ring (bicyclic) bond motifs is 1. The summed E-state index contributed by atoms with van der Waals surface area (Å²) in [5.74, 6) is -1.40. The number of aromatic nitrogens is 1. The van der Waals surface area contributed by atoms with Crippen molar-refractivity contribution < 1.29 is 14.7 Å². The smallest absolute Gasteiger partial charge is 0.303 e. The molecule has 0 radical (unpaired) electrons. The highest BCUT2D eigenvalue weighted by Crippen LogP contribution is 2.34. The summed E-state index contributed by atoms with van der Waals surface area (Å²) >= 11 is 0. The van der Waals surface area contributed by atoms with Gasteiger partial charge in [-0.3, -0.25) is 14.6 Å². The van der Waals surface area contributed by atoms with Gasteiger partial charge in [-0.25, -0.2) is 0 Å². The van der Waals surface area contributed by atoms with E-state index in [9.17, 15) is 14.9 Å². The number of amides is 1. The first-order chi connectivity index (χ1) is 12.6. The van der Waals surface area contributed by atoms with Crippen LogP contribution in [0.1, 0.15) is 18.4 Å². The van der Waals surface area contributed by atoms with E-state index in [0.717, 1.165) is 16.3 Å². The molecule has 1 heterocycles. The van der Waals surface area contributed by atoms with Crippen molar-refractivity contribution in [1.82, 2.24) is 4.98 Å². The number of nitrogens with one attached hydrogen (secondary N) is 1. The molecule has 0 saturated carbocycles. The first kappa shape index (κ1) is 17.1. The van der Waals surface area contributed by atoms with Gasteiger partial charge in [-0.1, -0.05) is 30.3 Å². The molecular formula is C20H15N3O3. The van der Waals surface area contributed by atoms with Crippen molar-refractivity contribution in [2.24, 2.45) is 0 Å². The third-order valence-corrected chi connectivity index (χ3v) is 4.00. The van der Waals surface area contributed by atoms with Crippen LogP contribution in [0, 0.1) is 11.3 Å². The number of pyridine rings is 1.